The largest absolute Gasteiger partial charge is 0.494 e. The Morgan fingerprint density at radius 3 is 2.75 bits per heavy atom. The second-order valence-electron chi connectivity index (χ2n) is 3.37. The van der Waals surface area contributed by atoms with E-state index in [0.29, 0.717) is 23.8 Å². The fourth-order valence-electron chi connectivity index (χ4n) is 1.20. The van der Waals surface area contributed by atoms with Gasteiger partial charge in [-0.25, -0.2) is 8.42 Å². The van der Waals surface area contributed by atoms with Crippen LogP contribution in [0.1, 0.15) is 13.3 Å². The van der Waals surface area contributed by atoms with E-state index in [4.69, 9.17) is 10.5 Å². The van der Waals surface area contributed by atoms with E-state index in [-0.39, 0.29) is 5.75 Å². The molecular weight excluding hydrogens is 226 g/mol. The first kappa shape index (κ1) is 13.0. The van der Waals surface area contributed by atoms with Gasteiger partial charge in [-0.15, -0.1) is 0 Å². The Morgan fingerprint density at radius 2 is 2.12 bits per heavy atom. The molecule has 90 valence electrons. The summed E-state index contributed by atoms with van der Waals surface area (Å²) < 4.78 is 28.6. The Morgan fingerprint density at radius 1 is 1.38 bits per heavy atom. The smallest absolute Gasteiger partial charge is 0.178 e. The highest BCUT2D eigenvalue weighted by Crippen LogP contribution is 2.18. The first-order valence-corrected chi connectivity index (χ1v) is 6.91. The molecule has 0 bridgehead atoms. The number of benzene rings is 1. The van der Waals surface area contributed by atoms with E-state index in [1.54, 1.807) is 31.2 Å². The fraction of sp³-hybridized carbons (Fsp3) is 0.455. The summed E-state index contributed by atoms with van der Waals surface area (Å²) in [6.07, 6.45) is 0.755. The highest BCUT2D eigenvalue weighted by atomic mass is 32.2. The van der Waals surface area contributed by atoms with Crippen molar-refractivity contribution in [2.75, 3.05) is 18.9 Å². The maximum absolute atomic E-state index is 11.6. The van der Waals surface area contributed by atoms with Crippen LogP contribution in [0, 0.1) is 0 Å². The van der Waals surface area contributed by atoms with Crippen molar-refractivity contribution < 1.29 is 13.2 Å². The predicted molar refractivity (Wildman–Crippen MR) is 63.3 cm³/mol. The molecule has 0 fully saturated rings. The van der Waals surface area contributed by atoms with E-state index in [0.717, 1.165) is 6.42 Å². The lowest BCUT2D eigenvalue weighted by Crippen LogP contribution is -2.07. The molecule has 0 aromatic heterocycles. The molecule has 0 aliphatic rings. The van der Waals surface area contributed by atoms with Crippen LogP contribution in [0.2, 0.25) is 0 Å². The molecule has 0 saturated heterocycles. The van der Waals surface area contributed by atoms with Crippen LogP contribution in [0.5, 0.6) is 5.75 Å². The van der Waals surface area contributed by atoms with Gasteiger partial charge in [-0.1, -0.05) is 13.0 Å². The molecule has 2 N–H and O–H groups in total. The van der Waals surface area contributed by atoms with Crippen LogP contribution in [0.25, 0.3) is 0 Å². The van der Waals surface area contributed by atoms with Gasteiger partial charge in [0.1, 0.15) is 5.75 Å². The third kappa shape index (κ3) is 3.50. The molecule has 4 nitrogen and oxygen atoms in total. The first-order valence-electron chi connectivity index (χ1n) is 5.26. The van der Waals surface area contributed by atoms with Crippen molar-refractivity contribution in [3.8, 4) is 5.75 Å². The summed E-state index contributed by atoms with van der Waals surface area (Å²) in [4.78, 5) is 0.306. The zero-order chi connectivity index (χ0) is 12.0. The molecule has 5 heteroatoms. The van der Waals surface area contributed by atoms with Crippen molar-refractivity contribution in [2.24, 2.45) is 5.73 Å². The zero-order valence-corrected chi connectivity index (χ0v) is 10.2. The van der Waals surface area contributed by atoms with Gasteiger partial charge in [-0.05, 0) is 31.2 Å². The number of hydrogen-bond acceptors (Lipinski definition) is 4. The molecule has 16 heavy (non-hydrogen) atoms. The predicted octanol–water partition coefficient (Wildman–Crippen LogP) is 1.21. The average Bonchev–Trinajstić information content (AvgIpc) is 2.30. The van der Waals surface area contributed by atoms with Crippen molar-refractivity contribution in [1.82, 2.24) is 0 Å². The zero-order valence-electron chi connectivity index (χ0n) is 9.35. The molecule has 0 aliphatic heterocycles. The molecule has 0 aliphatic carbocycles. The minimum Gasteiger partial charge on any atom is -0.494 e. The van der Waals surface area contributed by atoms with E-state index in [2.05, 4.69) is 0 Å². The van der Waals surface area contributed by atoms with E-state index in [9.17, 15) is 8.42 Å². The Hall–Kier alpha value is -1.07. The van der Waals surface area contributed by atoms with Crippen LogP contribution in [-0.2, 0) is 9.84 Å². The lowest BCUT2D eigenvalue weighted by atomic mass is 10.3. The van der Waals surface area contributed by atoms with Gasteiger partial charge in [0.15, 0.2) is 9.84 Å². The lowest BCUT2D eigenvalue weighted by Gasteiger charge is -2.07. The van der Waals surface area contributed by atoms with Gasteiger partial charge < -0.3 is 10.5 Å². The molecule has 0 amide bonds. The number of rotatable bonds is 6. The Bertz CT molecular complexity index is 429. The van der Waals surface area contributed by atoms with Gasteiger partial charge in [0.05, 0.1) is 17.3 Å². The summed E-state index contributed by atoms with van der Waals surface area (Å²) in [6, 6.07) is 6.55. The third-order valence-corrected chi connectivity index (χ3v) is 3.89. The van der Waals surface area contributed by atoms with E-state index >= 15 is 0 Å². The van der Waals surface area contributed by atoms with Crippen molar-refractivity contribution in [2.45, 2.75) is 18.2 Å². The highest BCUT2D eigenvalue weighted by molar-refractivity contribution is 7.91. The summed E-state index contributed by atoms with van der Waals surface area (Å²) in [7, 11) is -3.16. The van der Waals surface area contributed by atoms with Gasteiger partial charge >= 0.3 is 0 Å². The number of hydrogen-bond donors (Lipinski definition) is 1. The fourth-order valence-corrected chi connectivity index (χ4v) is 2.11. The molecule has 1 aromatic rings. The highest BCUT2D eigenvalue weighted by Gasteiger charge is 2.11. The average molecular weight is 243 g/mol. The van der Waals surface area contributed by atoms with Gasteiger partial charge in [0, 0.05) is 0 Å². The van der Waals surface area contributed by atoms with Crippen LogP contribution >= 0.6 is 0 Å². The van der Waals surface area contributed by atoms with Gasteiger partial charge in [-0.3, -0.25) is 0 Å². The summed E-state index contributed by atoms with van der Waals surface area (Å²) in [5.41, 5.74) is 5.34. The van der Waals surface area contributed by atoms with Gasteiger partial charge in [0.25, 0.3) is 0 Å². The van der Waals surface area contributed by atoms with E-state index in [1.165, 1.54) is 0 Å². The standard InChI is InChI=1S/C11H17NO3S/c1-2-16(13,14)11-6-3-5-10(9-11)15-8-4-7-12/h3,5-6,9H,2,4,7-8,12H2,1H3. The molecule has 0 unspecified atom stereocenters. The van der Waals surface area contributed by atoms with Gasteiger partial charge in [-0.2, -0.15) is 0 Å². The van der Waals surface area contributed by atoms with Gasteiger partial charge in [0.2, 0.25) is 0 Å². The van der Waals surface area contributed by atoms with Crippen molar-refractivity contribution in [3.05, 3.63) is 24.3 Å². The van der Waals surface area contributed by atoms with Crippen molar-refractivity contribution in [1.29, 1.82) is 0 Å². The van der Waals surface area contributed by atoms with Crippen LogP contribution in [0.15, 0.2) is 29.2 Å². The maximum Gasteiger partial charge on any atom is 0.178 e. The number of sulfone groups is 1. The summed E-state index contributed by atoms with van der Waals surface area (Å²) in [6.45, 7) is 2.69. The second kappa shape index (κ2) is 5.86. The Labute approximate surface area is 96.3 Å². The van der Waals surface area contributed by atoms with Crippen LogP contribution in [-0.4, -0.2) is 27.3 Å². The lowest BCUT2D eigenvalue weighted by molar-refractivity contribution is 0.312. The molecule has 1 rings (SSSR count). The molecule has 1 aromatic carbocycles. The van der Waals surface area contributed by atoms with E-state index < -0.39 is 9.84 Å². The van der Waals surface area contributed by atoms with E-state index in [1.807, 2.05) is 0 Å². The Balaban J connectivity index is 2.79. The normalized spacial score (nSPS) is 11.4. The number of nitrogens with two attached hydrogens (primary N) is 1. The monoisotopic (exact) mass is 243 g/mol. The molecule has 0 saturated carbocycles. The second-order valence-corrected chi connectivity index (χ2v) is 5.65. The molecule has 0 radical (unpaired) electrons. The number of ether oxygens (including phenoxy) is 1. The SMILES string of the molecule is CCS(=O)(=O)c1cccc(OCCCN)c1. The van der Waals surface area contributed by atoms with Crippen molar-refractivity contribution in [3.63, 3.8) is 0 Å². The topological polar surface area (TPSA) is 69.4 Å². The summed E-state index contributed by atoms with van der Waals surface area (Å²) in [5.74, 6) is 0.669. The summed E-state index contributed by atoms with van der Waals surface area (Å²) >= 11 is 0. The van der Waals surface area contributed by atoms with Crippen LogP contribution in [0.4, 0.5) is 0 Å². The third-order valence-electron chi connectivity index (χ3n) is 2.16. The Kier molecular flexibility index (Phi) is 4.76. The quantitative estimate of drug-likeness (QED) is 0.762. The molecule has 0 spiro atoms. The molecule has 0 atom stereocenters. The summed E-state index contributed by atoms with van der Waals surface area (Å²) in [5, 5.41) is 0. The van der Waals surface area contributed by atoms with Crippen LogP contribution < -0.4 is 10.5 Å². The first-order chi connectivity index (χ1) is 7.60. The minimum absolute atomic E-state index is 0.0965. The minimum atomic E-state index is -3.16. The van der Waals surface area contributed by atoms with Crippen LogP contribution in [0.3, 0.4) is 0 Å². The maximum atomic E-state index is 11.6. The molecule has 0 heterocycles. The molecular formula is C11H17NO3S. The van der Waals surface area contributed by atoms with Crippen molar-refractivity contribution >= 4 is 9.84 Å².